The van der Waals surface area contributed by atoms with Crippen LogP contribution in [0.2, 0.25) is 0 Å². The summed E-state index contributed by atoms with van der Waals surface area (Å²) in [6.07, 6.45) is 0. The van der Waals surface area contributed by atoms with Gasteiger partial charge in [-0.2, -0.15) is 0 Å². The van der Waals surface area contributed by atoms with Crippen LogP contribution in [0.4, 0.5) is 0 Å². The van der Waals surface area contributed by atoms with Crippen molar-refractivity contribution < 1.29 is 9.90 Å². The predicted molar refractivity (Wildman–Crippen MR) is 80.8 cm³/mol. The van der Waals surface area contributed by atoms with E-state index >= 15 is 0 Å². The van der Waals surface area contributed by atoms with Crippen molar-refractivity contribution in [2.75, 3.05) is 13.1 Å². The van der Waals surface area contributed by atoms with Crippen molar-refractivity contribution >= 4 is 5.97 Å². The van der Waals surface area contributed by atoms with E-state index in [1.165, 1.54) is 11.1 Å². The summed E-state index contributed by atoms with van der Waals surface area (Å²) in [5.74, 6) is -0.123. The lowest BCUT2D eigenvalue weighted by Crippen LogP contribution is -2.26. The molecule has 20 heavy (non-hydrogen) atoms. The van der Waals surface area contributed by atoms with Crippen LogP contribution in [0.25, 0.3) is 0 Å². The molecule has 1 aromatic carbocycles. The molecule has 0 radical (unpaired) electrons. The first-order valence-corrected chi connectivity index (χ1v) is 7.47. The first-order chi connectivity index (χ1) is 9.40. The number of hydrogen-bond donors (Lipinski definition) is 1. The molecule has 1 aliphatic heterocycles. The van der Waals surface area contributed by atoms with Crippen molar-refractivity contribution in [2.24, 2.45) is 11.8 Å². The number of rotatable bonds is 4. The number of carbonyl (C=O) groups is 1. The summed E-state index contributed by atoms with van der Waals surface area (Å²) in [7, 11) is 0. The molecule has 1 saturated heterocycles. The Kier molecular flexibility index (Phi) is 4.48. The van der Waals surface area contributed by atoms with Crippen LogP contribution >= 0.6 is 0 Å². The molecule has 1 aliphatic rings. The number of nitrogens with zero attached hydrogens (tertiary/aromatic N) is 1. The molecule has 1 heterocycles. The zero-order valence-corrected chi connectivity index (χ0v) is 12.8. The summed E-state index contributed by atoms with van der Waals surface area (Å²) in [5.41, 5.74) is 2.62. The summed E-state index contributed by atoms with van der Waals surface area (Å²) in [6, 6.07) is 9.01. The van der Waals surface area contributed by atoms with Gasteiger partial charge in [-0.15, -0.1) is 0 Å². The lowest BCUT2D eigenvalue weighted by molar-refractivity contribution is -0.142. The van der Waals surface area contributed by atoms with Gasteiger partial charge in [-0.3, -0.25) is 9.69 Å². The van der Waals surface area contributed by atoms with E-state index in [1.807, 2.05) is 6.92 Å². The molecule has 110 valence electrons. The quantitative estimate of drug-likeness (QED) is 0.914. The Hall–Kier alpha value is -1.35. The molecule has 3 nitrogen and oxygen atoms in total. The van der Waals surface area contributed by atoms with E-state index in [0.717, 1.165) is 6.54 Å². The van der Waals surface area contributed by atoms with Crippen LogP contribution in [0, 0.1) is 11.8 Å². The Labute approximate surface area is 121 Å². The Balaban J connectivity index is 2.08. The van der Waals surface area contributed by atoms with Crippen molar-refractivity contribution in [3.05, 3.63) is 35.4 Å². The average molecular weight is 275 g/mol. The fraction of sp³-hybridized carbons (Fsp3) is 0.588. The van der Waals surface area contributed by atoms with Crippen molar-refractivity contribution in [3.8, 4) is 0 Å². The number of aliphatic carboxylic acids is 1. The van der Waals surface area contributed by atoms with Gasteiger partial charge in [0.2, 0.25) is 0 Å². The van der Waals surface area contributed by atoms with Crippen LogP contribution in [-0.2, 0) is 4.79 Å². The first kappa shape index (κ1) is 15.0. The highest BCUT2D eigenvalue weighted by molar-refractivity contribution is 5.71. The number of likely N-dealkylation sites (tertiary alicyclic amines) is 1. The number of carboxylic acid groups (broad SMARTS) is 1. The molecule has 3 heteroatoms. The molecular weight excluding hydrogens is 250 g/mol. The van der Waals surface area contributed by atoms with Crippen LogP contribution in [0.5, 0.6) is 0 Å². The van der Waals surface area contributed by atoms with Gasteiger partial charge in [-0.1, -0.05) is 45.0 Å². The topological polar surface area (TPSA) is 40.5 Å². The third-order valence-corrected chi connectivity index (χ3v) is 4.59. The van der Waals surface area contributed by atoms with Gasteiger partial charge in [-0.05, 0) is 29.9 Å². The van der Waals surface area contributed by atoms with Gasteiger partial charge in [0, 0.05) is 19.1 Å². The van der Waals surface area contributed by atoms with Crippen molar-refractivity contribution in [3.63, 3.8) is 0 Å². The molecule has 0 aliphatic carbocycles. The largest absolute Gasteiger partial charge is 0.481 e. The first-order valence-electron chi connectivity index (χ1n) is 7.47. The summed E-state index contributed by atoms with van der Waals surface area (Å²) >= 11 is 0. The van der Waals surface area contributed by atoms with E-state index in [9.17, 15) is 9.90 Å². The van der Waals surface area contributed by atoms with Crippen LogP contribution in [0.3, 0.4) is 0 Å². The molecular formula is C17H25NO2. The number of hydrogen-bond acceptors (Lipinski definition) is 2. The van der Waals surface area contributed by atoms with Gasteiger partial charge in [0.1, 0.15) is 0 Å². The lowest BCUT2D eigenvalue weighted by Gasteiger charge is -2.25. The molecule has 1 fully saturated rings. The minimum Gasteiger partial charge on any atom is -0.481 e. The van der Waals surface area contributed by atoms with Gasteiger partial charge in [0.25, 0.3) is 0 Å². The van der Waals surface area contributed by atoms with Gasteiger partial charge in [-0.25, -0.2) is 0 Å². The predicted octanol–water partition coefficient (Wildman–Crippen LogP) is 3.52. The van der Waals surface area contributed by atoms with Crippen LogP contribution in [-0.4, -0.2) is 29.1 Å². The van der Waals surface area contributed by atoms with Gasteiger partial charge in [0.15, 0.2) is 0 Å². The van der Waals surface area contributed by atoms with E-state index in [0.29, 0.717) is 12.5 Å². The molecule has 2 rings (SSSR count). The zero-order valence-electron chi connectivity index (χ0n) is 12.8. The molecule has 1 unspecified atom stereocenters. The van der Waals surface area contributed by atoms with E-state index in [2.05, 4.69) is 49.9 Å². The minimum absolute atomic E-state index is 0.227. The molecule has 0 amide bonds. The maximum absolute atomic E-state index is 11.2. The molecule has 0 bridgehead atoms. The number of carboxylic acids is 1. The second-order valence-corrected chi connectivity index (χ2v) is 6.37. The summed E-state index contributed by atoms with van der Waals surface area (Å²) in [4.78, 5) is 13.5. The van der Waals surface area contributed by atoms with Crippen LogP contribution in [0.15, 0.2) is 24.3 Å². The highest BCUT2D eigenvalue weighted by Gasteiger charge is 2.36. The summed E-state index contributed by atoms with van der Waals surface area (Å²) in [6.45, 7) is 10.1. The molecule has 1 N–H and O–H groups in total. The third kappa shape index (κ3) is 3.04. The minimum atomic E-state index is -0.664. The van der Waals surface area contributed by atoms with E-state index < -0.39 is 5.97 Å². The molecule has 0 spiro atoms. The van der Waals surface area contributed by atoms with Gasteiger partial charge < -0.3 is 5.11 Å². The van der Waals surface area contributed by atoms with Crippen molar-refractivity contribution in [2.45, 2.75) is 39.7 Å². The second-order valence-electron chi connectivity index (χ2n) is 6.37. The highest BCUT2D eigenvalue weighted by Crippen LogP contribution is 2.31. The zero-order chi connectivity index (χ0) is 14.9. The molecule has 0 saturated carbocycles. The Morgan fingerprint density at radius 1 is 1.15 bits per heavy atom. The van der Waals surface area contributed by atoms with E-state index in [4.69, 9.17) is 0 Å². The number of benzene rings is 1. The van der Waals surface area contributed by atoms with E-state index in [-0.39, 0.29) is 17.9 Å². The summed E-state index contributed by atoms with van der Waals surface area (Å²) < 4.78 is 0. The monoisotopic (exact) mass is 275 g/mol. The normalized spacial score (nSPS) is 25.1. The smallest absolute Gasteiger partial charge is 0.308 e. The fourth-order valence-corrected chi connectivity index (χ4v) is 3.01. The molecule has 1 aromatic rings. The molecule has 3 atom stereocenters. The van der Waals surface area contributed by atoms with Crippen LogP contribution in [0.1, 0.15) is 50.8 Å². The second kappa shape index (κ2) is 5.96. The third-order valence-electron chi connectivity index (χ3n) is 4.59. The Morgan fingerprint density at radius 3 is 2.15 bits per heavy atom. The average Bonchev–Trinajstić information content (AvgIpc) is 2.80. The van der Waals surface area contributed by atoms with E-state index in [1.54, 1.807) is 0 Å². The summed E-state index contributed by atoms with van der Waals surface area (Å²) in [5, 5.41) is 9.22. The van der Waals surface area contributed by atoms with Crippen molar-refractivity contribution in [1.29, 1.82) is 0 Å². The lowest BCUT2D eigenvalue weighted by atomic mass is 9.99. The highest BCUT2D eigenvalue weighted by atomic mass is 16.4. The van der Waals surface area contributed by atoms with Gasteiger partial charge >= 0.3 is 5.97 Å². The SMILES string of the molecule is CC(C)c1ccc(C(C)N2C[C@@H](C)[C@H](C(=O)O)C2)cc1. The molecule has 0 aromatic heterocycles. The standard InChI is InChI=1S/C17H25NO2/c1-11(2)14-5-7-15(8-6-14)13(4)18-9-12(3)16(10-18)17(19)20/h5-8,11-13,16H,9-10H2,1-4H3,(H,19,20)/t12-,13?,16-/m1/s1. The van der Waals surface area contributed by atoms with Crippen molar-refractivity contribution in [1.82, 2.24) is 4.90 Å². The fourth-order valence-electron chi connectivity index (χ4n) is 3.01. The Bertz CT molecular complexity index is 466. The maximum atomic E-state index is 11.2. The van der Waals surface area contributed by atoms with Crippen LogP contribution < -0.4 is 0 Å². The van der Waals surface area contributed by atoms with Gasteiger partial charge in [0.05, 0.1) is 5.92 Å². The maximum Gasteiger partial charge on any atom is 0.308 e. The Morgan fingerprint density at radius 2 is 1.70 bits per heavy atom.